The van der Waals surface area contributed by atoms with Crippen LogP contribution in [-0.2, 0) is 6.42 Å². The molecule has 3 N–H and O–H groups in total. The van der Waals surface area contributed by atoms with Crippen molar-refractivity contribution >= 4 is 6.03 Å². The number of hydrogen-bond donors (Lipinski definition) is 2. The van der Waals surface area contributed by atoms with E-state index in [1.165, 1.54) is 5.56 Å². The molecule has 2 amide bonds. The number of amides is 2. The molecule has 0 aromatic heterocycles. The number of aryl methyl sites for hydroxylation is 1. The summed E-state index contributed by atoms with van der Waals surface area (Å²) in [6, 6.07) is 5.72. The van der Waals surface area contributed by atoms with Gasteiger partial charge in [-0.1, -0.05) is 12.1 Å². The third kappa shape index (κ3) is 3.64. The van der Waals surface area contributed by atoms with Crippen LogP contribution in [0.5, 0.6) is 5.75 Å². The molecule has 17 heavy (non-hydrogen) atoms. The normalized spacial score (nSPS) is 9.88. The van der Waals surface area contributed by atoms with Crippen molar-refractivity contribution in [3.8, 4) is 5.75 Å². The van der Waals surface area contributed by atoms with Gasteiger partial charge in [0.15, 0.2) is 0 Å². The second-order valence-corrected chi connectivity index (χ2v) is 3.93. The summed E-state index contributed by atoms with van der Waals surface area (Å²) in [5.41, 5.74) is 4.36. The van der Waals surface area contributed by atoms with Crippen molar-refractivity contribution in [1.29, 1.82) is 0 Å². The van der Waals surface area contributed by atoms with Crippen LogP contribution in [0, 0.1) is 6.92 Å². The molecular weight excluding hydrogens is 218 g/mol. The van der Waals surface area contributed by atoms with E-state index in [1.54, 1.807) is 19.1 Å². The maximum Gasteiger partial charge on any atom is 0.331 e. The van der Waals surface area contributed by atoms with Gasteiger partial charge in [-0.25, -0.2) is 10.6 Å². The van der Waals surface area contributed by atoms with Crippen LogP contribution in [0.3, 0.4) is 0 Å². The van der Waals surface area contributed by atoms with Gasteiger partial charge in [-0.2, -0.15) is 0 Å². The fourth-order valence-electron chi connectivity index (χ4n) is 1.60. The lowest BCUT2D eigenvalue weighted by Gasteiger charge is -2.16. The Bertz CT molecular complexity index is 393. The van der Waals surface area contributed by atoms with Crippen molar-refractivity contribution in [3.05, 3.63) is 29.3 Å². The van der Waals surface area contributed by atoms with Crippen LogP contribution in [0.1, 0.15) is 11.1 Å². The number of hydrogen-bond acceptors (Lipinski definition) is 3. The van der Waals surface area contributed by atoms with Crippen LogP contribution in [0.25, 0.3) is 0 Å². The van der Waals surface area contributed by atoms with Crippen LogP contribution in [0.4, 0.5) is 4.79 Å². The molecule has 0 saturated carbocycles. The zero-order chi connectivity index (χ0) is 12.8. The Balaban J connectivity index is 2.58. The van der Waals surface area contributed by atoms with E-state index in [-0.39, 0.29) is 6.03 Å². The van der Waals surface area contributed by atoms with Crippen molar-refractivity contribution in [2.75, 3.05) is 20.7 Å². The van der Waals surface area contributed by atoms with Gasteiger partial charge in [0, 0.05) is 13.6 Å². The van der Waals surface area contributed by atoms with Crippen molar-refractivity contribution in [1.82, 2.24) is 10.3 Å². The Hall–Kier alpha value is -1.75. The molecule has 0 aliphatic carbocycles. The lowest BCUT2D eigenvalue weighted by atomic mass is 10.1. The summed E-state index contributed by atoms with van der Waals surface area (Å²) < 4.78 is 5.19. The number of nitrogens with two attached hydrogens (primary N) is 1. The van der Waals surface area contributed by atoms with Gasteiger partial charge in [0.25, 0.3) is 0 Å². The van der Waals surface area contributed by atoms with Gasteiger partial charge in [-0.15, -0.1) is 0 Å². The second-order valence-electron chi connectivity index (χ2n) is 3.93. The highest BCUT2D eigenvalue weighted by molar-refractivity contribution is 5.73. The summed E-state index contributed by atoms with van der Waals surface area (Å²) in [6.45, 7) is 2.62. The number of rotatable bonds is 4. The van der Waals surface area contributed by atoms with Gasteiger partial charge in [0.1, 0.15) is 5.75 Å². The Kier molecular flexibility index (Phi) is 4.78. The summed E-state index contributed by atoms with van der Waals surface area (Å²) in [5.74, 6) is 5.92. The molecule has 0 aliphatic heterocycles. The number of ether oxygens (including phenoxy) is 1. The number of carbonyl (C=O) groups is 1. The van der Waals surface area contributed by atoms with Crippen molar-refractivity contribution in [2.24, 2.45) is 5.84 Å². The molecular formula is C12H19N3O2. The average molecular weight is 237 g/mol. The van der Waals surface area contributed by atoms with E-state index < -0.39 is 0 Å². The summed E-state index contributed by atoms with van der Waals surface area (Å²) in [7, 11) is 3.36. The highest BCUT2D eigenvalue weighted by Crippen LogP contribution is 2.18. The maximum atomic E-state index is 11.2. The first-order chi connectivity index (χ1) is 8.08. The Morgan fingerprint density at radius 1 is 1.53 bits per heavy atom. The van der Waals surface area contributed by atoms with E-state index in [1.807, 2.05) is 19.1 Å². The summed E-state index contributed by atoms with van der Waals surface area (Å²) in [6.07, 6.45) is 0.786. The minimum absolute atomic E-state index is 0.282. The fourth-order valence-corrected chi connectivity index (χ4v) is 1.60. The van der Waals surface area contributed by atoms with E-state index in [0.717, 1.165) is 17.7 Å². The molecule has 0 aliphatic rings. The number of hydrazine groups is 1. The molecule has 5 heteroatoms. The quantitative estimate of drug-likeness (QED) is 0.467. The zero-order valence-corrected chi connectivity index (χ0v) is 10.5. The first kappa shape index (κ1) is 13.3. The first-order valence-corrected chi connectivity index (χ1v) is 5.43. The average Bonchev–Trinajstić information content (AvgIpc) is 2.35. The van der Waals surface area contributed by atoms with E-state index >= 15 is 0 Å². The van der Waals surface area contributed by atoms with Crippen LogP contribution in [0.2, 0.25) is 0 Å². The molecule has 0 radical (unpaired) electrons. The Morgan fingerprint density at radius 2 is 2.24 bits per heavy atom. The molecule has 0 unspecified atom stereocenters. The largest absolute Gasteiger partial charge is 0.496 e. The molecule has 1 aromatic carbocycles. The third-order valence-corrected chi connectivity index (χ3v) is 2.67. The number of carbonyl (C=O) groups excluding carboxylic acids is 1. The molecule has 1 aromatic rings. The first-order valence-electron chi connectivity index (χ1n) is 5.43. The monoisotopic (exact) mass is 237 g/mol. The SMILES string of the molecule is COc1ccc(CCN(C)C(=O)NN)cc1C. The van der Waals surface area contributed by atoms with Crippen LogP contribution in [-0.4, -0.2) is 31.6 Å². The highest BCUT2D eigenvalue weighted by Gasteiger charge is 2.06. The molecule has 0 atom stereocenters. The number of urea groups is 1. The Morgan fingerprint density at radius 3 is 2.76 bits per heavy atom. The lowest BCUT2D eigenvalue weighted by molar-refractivity contribution is 0.209. The molecule has 94 valence electrons. The van der Waals surface area contributed by atoms with E-state index in [4.69, 9.17) is 10.6 Å². The molecule has 1 rings (SSSR count). The predicted molar refractivity (Wildman–Crippen MR) is 66.8 cm³/mol. The lowest BCUT2D eigenvalue weighted by Crippen LogP contribution is -2.41. The summed E-state index contributed by atoms with van der Waals surface area (Å²) in [4.78, 5) is 12.7. The van der Waals surface area contributed by atoms with Crippen LogP contribution < -0.4 is 16.0 Å². The van der Waals surface area contributed by atoms with Gasteiger partial charge < -0.3 is 9.64 Å². The topological polar surface area (TPSA) is 67.6 Å². The number of nitrogens with one attached hydrogen (secondary N) is 1. The molecule has 0 saturated heterocycles. The number of nitrogens with zero attached hydrogens (tertiary/aromatic N) is 1. The fraction of sp³-hybridized carbons (Fsp3) is 0.417. The molecule has 5 nitrogen and oxygen atoms in total. The molecule has 0 bridgehead atoms. The maximum absolute atomic E-state index is 11.2. The van der Waals surface area contributed by atoms with Crippen molar-refractivity contribution < 1.29 is 9.53 Å². The van der Waals surface area contributed by atoms with Crippen LogP contribution in [0.15, 0.2) is 18.2 Å². The van der Waals surface area contributed by atoms with Crippen LogP contribution >= 0.6 is 0 Å². The van der Waals surface area contributed by atoms with Crippen molar-refractivity contribution in [3.63, 3.8) is 0 Å². The van der Waals surface area contributed by atoms with Crippen molar-refractivity contribution in [2.45, 2.75) is 13.3 Å². The highest BCUT2D eigenvalue weighted by atomic mass is 16.5. The van der Waals surface area contributed by atoms with Gasteiger partial charge in [0.2, 0.25) is 0 Å². The van der Waals surface area contributed by atoms with E-state index in [0.29, 0.717) is 6.54 Å². The van der Waals surface area contributed by atoms with Gasteiger partial charge in [-0.05, 0) is 30.5 Å². The smallest absolute Gasteiger partial charge is 0.331 e. The summed E-state index contributed by atoms with van der Waals surface area (Å²) in [5, 5.41) is 0. The second kappa shape index (κ2) is 6.10. The van der Waals surface area contributed by atoms with Gasteiger partial charge in [-0.3, -0.25) is 5.43 Å². The third-order valence-electron chi connectivity index (χ3n) is 2.67. The zero-order valence-electron chi connectivity index (χ0n) is 10.5. The predicted octanol–water partition coefficient (Wildman–Crippen LogP) is 1.06. The molecule has 0 heterocycles. The van der Waals surface area contributed by atoms with Gasteiger partial charge >= 0.3 is 6.03 Å². The molecule has 0 spiro atoms. The summed E-state index contributed by atoms with van der Waals surface area (Å²) >= 11 is 0. The number of methoxy groups -OCH3 is 1. The standard InChI is InChI=1S/C12H19N3O2/c1-9-8-10(4-5-11(9)17-3)6-7-15(2)12(16)14-13/h4-5,8H,6-7,13H2,1-3H3,(H,14,16). The number of likely N-dealkylation sites (N-methyl/N-ethyl adjacent to an activating group) is 1. The number of benzene rings is 1. The minimum Gasteiger partial charge on any atom is -0.496 e. The Labute approximate surface area is 102 Å². The van der Waals surface area contributed by atoms with E-state index in [2.05, 4.69) is 11.5 Å². The van der Waals surface area contributed by atoms with E-state index in [9.17, 15) is 4.79 Å². The molecule has 0 fully saturated rings. The minimum atomic E-state index is -0.282. The van der Waals surface area contributed by atoms with Gasteiger partial charge in [0.05, 0.1) is 7.11 Å².